The first kappa shape index (κ1) is 21.5. The van der Waals surface area contributed by atoms with Crippen molar-refractivity contribution >= 4 is 23.9 Å². The fourth-order valence-corrected chi connectivity index (χ4v) is 4.03. The smallest absolute Gasteiger partial charge is 0.339 e. The minimum Gasteiger partial charge on any atom is -0.481 e. The fourth-order valence-electron chi connectivity index (χ4n) is 4.03. The van der Waals surface area contributed by atoms with E-state index in [1.807, 2.05) is 42.6 Å². The molecule has 2 aromatic carbocycles. The standard InChI is InChI=1S/C21H23N3O2.C2H4O2/c25-21(23-16-9-5-2-6-10-16)24-22-14-18-17(19-11-12-20(18)26-19)13-15-7-3-1-4-8-15;1-2(3)4/h1-10,14,17-20H,11-13H2,(H2,23,24,25);1H3,(H,3,4)/t17-,18+,19-,20-;/m1./s1. The number of benzene rings is 2. The summed E-state index contributed by atoms with van der Waals surface area (Å²) >= 11 is 0. The Labute approximate surface area is 176 Å². The van der Waals surface area contributed by atoms with Crippen LogP contribution in [0.3, 0.4) is 0 Å². The Kier molecular flexibility index (Phi) is 7.57. The lowest BCUT2D eigenvalue weighted by molar-refractivity contribution is -0.134. The molecule has 0 unspecified atom stereocenters. The number of hydrogen-bond donors (Lipinski definition) is 3. The van der Waals surface area contributed by atoms with E-state index in [1.165, 1.54) is 5.56 Å². The van der Waals surface area contributed by atoms with Gasteiger partial charge >= 0.3 is 6.03 Å². The molecule has 0 aromatic heterocycles. The maximum Gasteiger partial charge on any atom is 0.339 e. The summed E-state index contributed by atoms with van der Waals surface area (Å²) in [4.78, 5) is 21.0. The summed E-state index contributed by atoms with van der Waals surface area (Å²) in [7, 11) is 0. The van der Waals surface area contributed by atoms with Gasteiger partial charge in [0.2, 0.25) is 0 Å². The highest BCUT2D eigenvalue weighted by Crippen LogP contribution is 2.44. The van der Waals surface area contributed by atoms with E-state index in [-0.39, 0.29) is 18.1 Å². The molecule has 30 heavy (non-hydrogen) atoms. The molecule has 2 amide bonds. The van der Waals surface area contributed by atoms with Gasteiger partial charge in [0.05, 0.1) is 12.2 Å². The second-order valence-corrected chi connectivity index (χ2v) is 7.45. The van der Waals surface area contributed by atoms with Crippen molar-refractivity contribution in [3.8, 4) is 0 Å². The topological polar surface area (TPSA) is 100 Å². The van der Waals surface area contributed by atoms with Crippen LogP contribution in [0.4, 0.5) is 10.5 Å². The van der Waals surface area contributed by atoms with Crippen molar-refractivity contribution in [1.29, 1.82) is 0 Å². The lowest BCUT2D eigenvalue weighted by atomic mass is 9.77. The number of hydrogen-bond acceptors (Lipinski definition) is 4. The minimum absolute atomic E-state index is 0.219. The second kappa shape index (κ2) is 10.5. The average Bonchev–Trinajstić information content (AvgIpc) is 3.32. The van der Waals surface area contributed by atoms with Gasteiger partial charge in [0.1, 0.15) is 0 Å². The molecule has 2 aliphatic heterocycles. The molecule has 2 bridgehead atoms. The maximum absolute atomic E-state index is 12.0. The van der Waals surface area contributed by atoms with Crippen LogP contribution in [0, 0.1) is 11.8 Å². The number of urea groups is 1. The fraction of sp³-hybridized carbons (Fsp3) is 0.348. The van der Waals surface area contributed by atoms with Gasteiger partial charge in [-0.15, -0.1) is 0 Å². The minimum atomic E-state index is -0.833. The van der Waals surface area contributed by atoms with Gasteiger partial charge in [-0.3, -0.25) is 4.79 Å². The molecule has 2 saturated heterocycles. The van der Waals surface area contributed by atoms with Crippen LogP contribution in [0.5, 0.6) is 0 Å². The summed E-state index contributed by atoms with van der Waals surface area (Å²) in [5, 5.41) is 14.4. The number of nitrogens with zero attached hydrogens (tertiary/aromatic N) is 1. The van der Waals surface area contributed by atoms with Crippen LogP contribution >= 0.6 is 0 Å². The average molecular weight is 409 g/mol. The highest BCUT2D eigenvalue weighted by Gasteiger charge is 2.47. The predicted octanol–water partition coefficient (Wildman–Crippen LogP) is 3.92. The van der Waals surface area contributed by atoms with E-state index in [0.29, 0.717) is 12.0 Å². The summed E-state index contributed by atoms with van der Waals surface area (Å²) < 4.78 is 6.10. The van der Waals surface area contributed by atoms with Crippen LogP contribution in [-0.4, -0.2) is 35.5 Å². The molecule has 0 radical (unpaired) electrons. The number of amides is 2. The van der Waals surface area contributed by atoms with Gasteiger partial charge in [0.15, 0.2) is 0 Å². The van der Waals surface area contributed by atoms with Gasteiger partial charge in [-0.25, -0.2) is 10.2 Å². The molecule has 0 spiro atoms. The Bertz CT molecular complexity index is 853. The molecule has 7 nitrogen and oxygen atoms in total. The number of carboxylic acids is 1. The quantitative estimate of drug-likeness (QED) is 0.515. The lowest BCUT2D eigenvalue weighted by Crippen LogP contribution is -2.31. The molecular formula is C23H27N3O4. The Morgan fingerprint density at radius 3 is 2.33 bits per heavy atom. The van der Waals surface area contributed by atoms with E-state index in [0.717, 1.165) is 31.9 Å². The Morgan fingerprint density at radius 1 is 1.07 bits per heavy atom. The van der Waals surface area contributed by atoms with Crippen molar-refractivity contribution in [2.45, 2.75) is 38.4 Å². The number of aliphatic carboxylic acids is 1. The van der Waals surface area contributed by atoms with Crippen molar-refractivity contribution in [2.24, 2.45) is 16.9 Å². The second-order valence-electron chi connectivity index (χ2n) is 7.45. The predicted molar refractivity (Wildman–Crippen MR) is 115 cm³/mol. The Hall–Kier alpha value is -3.19. The molecule has 4 rings (SSSR count). The van der Waals surface area contributed by atoms with Gasteiger partial charge < -0.3 is 15.2 Å². The molecule has 0 aliphatic carbocycles. The molecule has 2 aliphatic rings. The number of ether oxygens (including phenoxy) is 1. The lowest BCUT2D eigenvalue weighted by Gasteiger charge is -2.25. The van der Waals surface area contributed by atoms with Crippen molar-refractivity contribution in [2.75, 3.05) is 5.32 Å². The van der Waals surface area contributed by atoms with Crippen molar-refractivity contribution < 1.29 is 19.4 Å². The molecular weight excluding hydrogens is 382 g/mol. The van der Waals surface area contributed by atoms with E-state index >= 15 is 0 Å². The normalized spacial score (nSPS) is 24.2. The zero-order valence-corrected chi connectivity index (χ0v) is 16.9. The van der Waals surface area contributed by atoms with Crippen molar-refractivity contribution in [3.05, 3.63) is 66.2 Å². The third-order valence-corrected chi connectivity index (χ3v) is 5.25. The number of hydrazone groups is 1. The number of carbonyl (C=O) groups excluding carboxylic acids is 1. The van der Waals surface area contributed by atoms with E-state index in [9.17, 15) is 4.79 Å². The summed E-state index contributed by atoms with van der Waals surface area (Å²) in [6, 6.07) is 19.5. The highest BCUT2D eigenvalue weighted by molar-refractivity contribution is 5.89. The van der Waals surface area contributed by atoms with Crippen LogP contribution < -0.4 is 10.7 Å². The van der Waals surface area contributed by atoms with E-state index in [2.05, 4.69) is 40.1 Å². The zero-order chi connectivity index (χ0) is 21.3. The summed E-state index contributed by atoms with van der Waals surface area (Å²) in [5.41, 5.74) is 4.63. The number of anilines is 1. The monoisotopic (exact) mass is 409 g/mol. The Balaban J connectivity index is 0.000000589. The summed E-state index contributed by atoms with van der Waals surface area (Å²) in [5.74, 6) is -0.176. The maximum atomic E-state index is 12.0. The first-order chi connectivity index (χ1) is 14.5. The van der Waals surface area contributed by atoms with Gasteiger partial charge in [0.25, 0.3) is 5.97 Å². The zero-order valence-electron chi connectivity index (χ0n) is 16.9. The molecule has 4 atom stereocenters. The SMILES string of the molecule is CC(=O)O.O=C(NN=C[C@H]1[C@@H](Cc2ccccc2)[C@H]2CC[C@H]1O2)Nc1ccccc1. The van der Waals surface area contributed by atoms with Gasteiger partial charge in [0, 0.05) is 24.7 Å². The van der Waals surface area contributed by atoms with Crippen LogP contribution in [0.25, 0.3) is 0 Å². The van der Waals surface area contributed by atoms with Gasteiger partial charge in [-0.1, -0.05) is 48.5 Å². The van der Waals surface area contributed by atoms with Crippen LogP contribution in [0.15, 0.2) is 65.8 Å². The van der Waals surface area contributed by atoms with E-state index in [4.69, 9.17) is 14.6 Å². The molecule has 158 valence electrons. The molecule has 2 heterocycles. The van der Waals surface area contributed by atoms with Gasteiger partial charge in [-0.2, -0.15) is 5.10 Å². The number of nitrogens with one attached hydrogen (secondary N) is 2. The van der Waals surface area contributed by atoms with Crippen molar-refractivity contribution in [1.82, 2.24) is 5.43 Å². The largest absolute Gasteiger partial charge is 0.481 e. The first-order valence-corrected chi connectivity index (χ1v) is 10.1. The third-order valence-electron chi connectivity index (χ3n) is 5.25. The summed E-state index contributed by atoms with van der Waals surface area (Å²) in [6.07, 6.45) is 5.56. The number of rotatable bonds is 5. The molecule has 2 fully saturated rings. The van der Waals surface area contributed by atoms with E-state index < -0.39 is 5.97 Å². The molecule has 0 saturated carbocycles. The van der Waals surface area contributed by atoms with Crippen LogP contribution in [0.1, 0.15) is 25.3 Å². The van der Waals surface area contributed by atoms with E-state index in [1.54, 1.807) is 0 Å². The number of fused-ring (bicyclic) bond motifs is 2. The third kappa shape index (κ3) is 6.15. The Morgan fingerprint density at radius 2 is 1.67 bits per heavy atom. The van der Waals surface area contributed by atoms with Gasteiger partial charge in [-0.05, 0) is 42.9 Å². The van der Waals surface area contributed by atoms with Crippen molar-refractivity contribution in [3.63, 3.8) is 0 Å². The first-order valence-electron chi connectivity index (χ1n) is 10.1. The van der Waals surface area contributed by atoms with Crippen LogP contribution in [0.2, 0.25) is 0 Å². The molecule has 2 aromatic rings. The van der Waals surface area contributed by atoms with Crippen LogP contribution in [-0.2, 0) is 16.0 Å². The summed E-state index contributed by atoms with van der Waals surface area (Å²) in [6.45, 7) is 1.08. The number of carboxylic acid groups (broad SMARTS) is 1. The molecule has 3 N–H and O–H groups in total. The number of carbonyl (C=O) groups is 2. The highest BCUT2D eigenvalue weighted by atomic mass is 16.5. The number of para-hydroxylation sites is 1. The molecule has 7 heteroatoms.